The molecular formula is C9H20N2O3S. The summed E-state index contributed by atoms with van der Waals surface area (Å²) in [5.74, 6) is -0.158. The Hall–Kier alpha value is -0.170. The molecule has 15 heavy (non-hydrogen) atoms. The van der Waals surface area contributed by atoms with Gasteiger partial charge in [-0.25, -0.2) is 8.42 Å². The predicted octanol–water partition coefficient (Wildman–Crippen LogP) is -0.665. The predicted molar refractivity (Wildman–Crippen MR) is 59.2 cm³/mol. The van der Waals surface area contributed by atoms with Gasteiger partial charge in [0, 0.05) is 32.2 Å². The summed E-state index contributed by atoms with van der Waals surface area (Å²) in [6.07, 6.45) is 0. The van der Waals surface area contributed by atoms with Gasteiger partial charge in [-0.15, -0.1) is 0 Å². The molecule has 1 aliphatic rings. The first kappa shape index (κ1) is 12.9. The maximum absolute atomic E-state index is 11.6. The number of nitrogens with zero attached hydrogens (tertiary/aromatic N) is 2. The van der Waals surface area contributed by atoms with E-state index < -0.39 is 10.0 Å². The van der Waals surface area contributed by atoms with Crippen molar-refractivity contribution in [2.24, 2.45) is 0 Å². The highest BCUT2D eigenvalue weighted by Crippen LogP contribution is 2.09. The van der Waals surface area contributed by atoms with Crippen molar-refractivity contribution >= 4 is 10.0 Å². The summed E-state index contributed by atoms with van der Waals surface area (Å²) in [7, 11) is -3.23. The standard InChI is InChI=1S/C9H20N2O3S/c1-9(2)10-3-5-11(6-4-10)15(13,14)8-7-12/h9,12H,3-8H2,1-2H3. The van der Waals surface area contributed by atoms with Crippen molar-refractivity contribution in [1.82, 2.24) is 9.21 Å². The number of aliphatic hydroxyl groups is 1. The normalized spacial score (nSPS) is 21.1. The van der Waals surface area contributed by atoms with Gasteiger partial charge in [0.2, 0.25) is 10.0 Å². The molecule has 1 saturated heterocycles. The monoisotopic (exact) mass is 236 g/mol. The summed E-state index contributed by atoms with van der Waals surface area (Å²) < 4.78 is 24.7. The second-order valence-corrected chi connectivity index (χ2v) is 6.16. The molecule has 0 bridgehead atoms. The first-order valence-corrected chi connectivity index (χ1v) is 6.91. The van der Waals surface area contributed by atoms with Crippen molar-refractivity contribution < 1.29 is 13.5 Å². The summed E-state index contributed by atoms with van der Waals surface area (Å²) in [6.45, 7) is 6.56. The Balaban J connectivity index is 2.50. The molecule has 6 heteroatoms. The van der Waals surface area contributed by atoms with Crippen LogP contribution >= 0.6 is 0 Å². The second-order valence-electron chi connectivity index (χ2n) is 4.07. The average Bonchev–Trinajstić information content (AvgIpc) is 2.18. The molecular weight excluding hydrogens is 216 g/mol. The van der Waals surface area contributed by atoms with Crippen LogP contribution in [0.2, 0.25) is 0 Å². The maximum Gasteiger partial charge on any atom is 0.216 e. The molecule has 0 amide bonds. The van der Waals surface area contributed by atoms with Crippen molar-refractivity contribution in [3.8, 4) is 0 Å². The van der Waals surface area contributed by atoms with E-state index in [1.165, 1.54) is 4.31 Å². The molecule has 0 unspecified atom stereocenters. The van der Waals surface area contributed by atoms with E-state index in [0.717, 1.165) is 13.1 Å². The Kier molecular flexibility index (Phi) is 4.51. The molecule has 1 heterocycles. The topological polar surface area (TPSA) is 60.9 Å². The van der Waals surface area contributed by atoms with Crippen LogP contribution in [0.25, 0.3) is 0 Å². The molecule has 1 aliphatic heterocycles. The zero-order valence-corrected chi connectivity index (χ0v) is 10.2. The van der Waals surface area contributed by atoms with Crippen molar-refractivity contribution in [2.75, 3.05) is 38.5 Å². The van der Waals surface area contributed by atoms with E-state index in [1.807, 2.05) is 0 Å². The van der Waals surface area contributed by atoms with Crippen LogP contribution in [0.3, 0.4) is 0 Å². The minimum atomic E-state index is -3.23. The van der Waals surface area contributed by atoms with E-state index in [9.17, 15) is 8.42 Å². The Morgan fingerprint density at radius 3 is 2.13 bits per heavy atom. The lowest BCUT2D eigenvalue weighted by molar-refractivity contribution is 0.153. The highest BCUT2D eigenvalue weighted by Gasteiger charge is 2.26. The quantitative estimate of drug-likeness (QED) is 0.703. The van der Waals surface area contributed by atoms with Crippen LogP contribution in [0.5, 0.6) is 0 Å². The molecule has 1 rings (SSSR count). The van der Waals surface area contributed by atoms with Gasteiger partial charge >= 0.3 is 0 Å². The summed E-state index contributed by atoms with van der Waals surface area (Å²) in [5.41, 5.74) is 0. The molecule has 0 spiro atoms. The van der Waals surface area contributed by atoms with Gasteiger partial charge in [0.05, 0.1) is 12.4 Å². The molecule has 5 nitrogen and oxygen atoms in total. The molecule has 0 aliphatic carbocycles. The number of hydrogen-bond acceptors (Lipinski definition) is 4. The first-order chi connectivity index (χ1) is 6.97. The van der Waals surface area contributed by atoms with Gasteiger partial charge in [-0.1, -0.05) is 0 Å². The lowest BCUT2D eigenvalue weighted by Gasteiger charge is -2.36. The van der Waals surface area contributed by atoms with E-state index in [2.05, 4.69) is 18.7 Å². The minimum Gasteiger partial charge on any atom is -0.395 e. The summed E-state index contributed by atoms with van der Waals surface area (Å²) >= 11 is 0. The molecule has 1 fully saturated rings. The van der Waals surface area contributed by atoms with Gasteiger partial charge in [0.15, 0.2) is 0 Å². The SMILES string of the molecule is CC(C)N1CCN(S(=O)(=O)CCO)CC1. The third-order valence-corrected chi connectivity index (χ3v) is 4.60. The second kappa shape index (κ2) is 5.25. The highest BCUT2D eigenvalue weighted by atomic mass is 32.2. The molecule has 0 aromatic rings. The minimum absolute atomic E-state index is 0.158. The fraction of sp³-hybridized carbons (Fsp3) is 1.00. The van der Waals surface area contributed by atoms with Gasteiger partial charge in [-0.05, 0) is 13.8 Å². The van der Waals surface area contributed by atoms with E-state index in [0.29, 0.717) is 19.1 Å². The third-order valence-electron chi connectivity index (χ3n) is 2.75. The molecule has 90 valence electrons. The molecule has 0 radical (unpaired) electrons. The fourth-order valence-electron chi connectivity index (χ4n) is 1.74. The molecule has 0 aromatic heterocycles. The molecule has 0 saturated carbocycles. The summed E-state index contributed by atoms with van der Waals surface area (Å²) in [4.78, 5) is 2.25. The zero-order valence-electron chi connectivity index (χ0n) is 9.39. The van der Waals surface area contributed by atoms with Crippen molar-refractivity contribution in [1.29, 1.82) is 0 Å². The van der Waals surface area contributed by atoms with Gasteiger partial charge in [-0.2, -0.15) is 4.31 Å². The van der Waals surface area contributed by atoms with Crippen molar-refractivity contribution in [2.45, 2.75) is 19.9 Å². The van der Waals surface area contributed by atoms with Gasteiger partial charge in [0.1, 0.15) is 0 Å². The number of rotatable bonds is 4. The fourth-order valence-corrected chi connectivity index (χ4v) is 2.95. The molecule has 1 N–H and O–H groups in total. The largest absolute Gasteiger partial charge is 0.395 e. The van der Waals surface area contributed by atoms with E-state index in [4.69, 9.17) is 5.11 Å². The van der Waals surface area contributed by atoms with Crippen LogP contribution in [0.15, 0.2) is 0 Å². The first-order valence-electron chi connectivity index (χ1n) is 5.30. The van der Waals surface area contributed by atoms with Gasteiger partial charge in [-0.3, -0.25) is 4.90 Å². The van der Waals surface area contributed by atoms with Crippen LogP contribution in [-0.4, -0.2) is 67.3 Å². The average molecular weight is 236 g/mol. The number of piperazine rings is 1. The Morgan fingerprint density at radius 2 is 1.73 bits per heavy atom. The van der Waals surface area contributed by atoms with E-state index in [1.54, 1.807) is 0 Å². The smallest absolute Gasteiger partial charge is 0.216 e. The van der Waals surface area contributed by atoms with E-state index >= 15 is 0 Å². The summed E-state index contributed by atoms with van der Waals surface area (Å²) in [6, 6.07) is 0.465. The Labute approximate surface area is 91.7 Å². The van der Waals surface area contributed by atoms with Crippen LogP contribution in [0, 0.1) is 0 Å². The van der Waals surface area contributed by atoms with Gasteiger partial charge in [0.25, 0.3) is 0 Å². The Bertz CT molecular complexity index is 282. The lowest BCUT2D eigenvalue weighted by atomic mass is 10.3. The van der Waals surface area contributed by atoms with Crippen molar-refractivity contribution in [3.63, 3.8) is 0 Å². The third kappa shape index (κ3) is 3.41. The van der Waals surface area contributed by atoms with Crippen molar-refractivity contribution in [3.05, 3.63) is 0 Å². The van der Waals surface area contributed by atoms with Crippen LogP contribution in [0.1, 0.15) is 13.8 Å². The van der Waals surface area contributed by atoms with E-state index in [-0.39, 0.29) is 12.4 Å². The maximum atomic E-state index is 11.6. The van der Waals surface area contributed by atoms with Gasteiger partial charge < -0.3 is 5.11 Å². The molecule has 0 atom stereocenters. The zero-order chi connectivity index (χ0) is 11.5. The number of sulfonamides is 1. The molecule has 0 aromatic carbocycles. The lowest BCUT2D eigenvalue weighted by Crippen LogP contribution is -2.51. The Morgan fingerprint density at radius 1 is 1.20 bits per heavy atom. The van der Waals surface area contributed by atoms with Crippen LogP contribution < -0.4 is 0 Å². The number of aliphatic hydroxyl groups excluding tert-OH is 1. The van der Waals surface area contributed by atoms with Crippen LogP contribution in [-0.2, 0) is 10.0 Å². The van der Waals surface area contributed by atoms with Crippen LogP contribution in [0.4, 0.5) is 0 Å². The highest BCUT2D eigenvalue weighted by molar-refractivity contribution is 7.89. The summed E-state index contributed by atoms with van der Waals surface area (Å²) in [5, 5.41) is 8.66. The number of hydrogen-bond donors (Lipinski definition) is 1.